The minimum atomic E-state index is -0.805. The molecule has 0 aliphatic carbocycles. The highest BCUT2D eigenvalue weighted by molar-refractivity contribution is 7.84. The summed E-state index contributed by atoms with van der Waals surface area (Å²) in [6.07, 6.45) is 0. The molecule has 3 unspecified atom stereocenters. The Bertz CT molecular complexity index is 252. The van der Waals surface area contributed by atoms with Gasteiger partial charge in [-0.15, -0.1) is 0 Å². The first-order chi connectivity index (χ1) is 7.63. The average Bonchev–Trinajstić information content (AvgIpc) is 2.29. The lowest BCUT2D eigenvalue weighted by atomic mass is 10.1. The number of rotatable bonds is 5. The number of carbonyl (C=O) groups excluding carboxylic acids is 1. The zero-order valence-electron chi connectivity index (χ0n) is 9.91. The standard InChI is InChI=1S/C10H21N3O2S/c1-3-16(15)5-4-11-10(14)9-7-12-8(2)6-13-9/h8-9,12-13H,3-7H2,1-2H3,(H,11,14). The van der Waals surface area contributed by atoms with Crippen molar-refractivity contribution in [2.75, 3.05) is 31.1 Å². The van der Waals surface area contributed by atoms with E-state index in [1.54, 1.807) is 0 Å². The molecule has 6 heteroatoms. The second-order valence-corrected chi connectivity index (χ2v) is 5.86. The van der Waals surface area contributed by atoms with Gasteiger partial charge in [0.05, 0.1) is 6.04 Å². The molecule has 0 bridgehead atoms. The van der Waals surface area contributed by atoms with E-state index in [-0.39, 0.29) is 11.9 Å². The summed E-state index contributed by atoms with van der Waals surface area (Å²) in [4.78, 5) is 11.7. The van der Waals surface area contributed by atoms with Crippen LogP contribution < -0.4 is 16.0 Å². The Labute approximate surface area is 99.2 Å². The van der Waals surface area contributed by atoms with Crippen molar-refractivity contribution >= 4 is 16.7 Å². The van der Waals surface area contributed by atoms with Gasteiger partial charge in [-0.2, -0.15) is 0 Å². The van der Waals surface area contributed by atoms with Crippen LogP contribution in [-0.4, -0.2) is 53.3 Å². The lowest BCUT2D eigenvalue weighted by molar-refractivity contribution is -0.123. The molecule has 0 spiro atoms. The first-order valence-corrected chi connectivity index (χ1v) is 7.21. The summed E-state index contributed by atoms with van der Waals surface area (Å²) in [6.45, 7) is 5.91. The zero-order chi connectivity index (χ0) is 12.0. The third-order valence-electron chi connectivity index (χ3n) is 2.61. The molecular weight excluding hydrogens is 226 g/mol. The first-order valence-electron chi connectivity index (χ1n) is 5.73. The van der Waals surface area contributed by atoms with Gasteiger partial charge in [-0.25, -0.2) is 0 Å². The molecule has 1 saturated heterocycles. The molecule has 1 aliphatic heterocycles. The number of hydrogen-bond acceptors (Lipinski definition) is 4. The van der Waals surface area contributed by atoms with E-state index in [0.717, 1.165) is 6.54 Å². The number of nitrogens with one attached hydrogen (secondary N) is 3. The predicted octanol–water partition coefficient (Wildman–Crippen LogP) is -1.18. The Morgan fingerprint density at radius 2 is 2.19 bits per heavy atom. The third-order valence-corrected chi connectivity index (χ3v) is 3.91. The van der Waals surface area contributed by atoms with Gasteiger partial charge in [0.15, 0.2) is 0 Å². The van der Waals surface area contributed by atoms with Crippen LogP contribution in [-0.2, 0) is 15.6 Å². The minimum absolute atomic E-state index is 0.00694. The summed E-state index contributed by atoms with van der Waals surface area (Å²) in [5, 5.41) is 9.21. The van der Waals surface area contributed by atoms with Gasteiger partial charge in [0.2, 0.25) is 5.91 Å². The molecule has 1 fully saturated rings. The van der Waals surface area contributed by atoms with Crippen molar-refractivity contribution in [2.24, 2.45) is 0 Å². The van der Waals surface area contributed by atoms with Crippen molar-refractivity contribution in [3.05, 3.63) is 0 Å². The maximum Gasteiger partial charge on any atom is 0.238 e. The molecule has 0 aromatic heterocycles. The van der Waals surface area contributed by atoms with Gasteiger partial charge >= 0.3 is 0 Å². The predicted molar refractivity (Wildman–Crippen MR) is 65.8 cm³/mol. The number of amides is 1. The topological polar surface area (TPSA) is 70.2 Å². The van der Waals surface area contributed by atoms with Gasteiger partial charge in [0, 0.05) is 48.0 Å². The van der Waals surface area contributed by atoms with Crippen molar-refractivity contribution in [1.29, 1.82) is 0 Å². The molecule has 5 nitrogen and oxygen atoms in total. The normalized spacial score (nSPS) is 27.4. The van der Waals surface area contributed by atoms with Crippen LogP contribution in [0.1, 0.15) is 13.8 Å². The maximum absolute atomic E-state index is 11.7. The first kappa shape index (κ1) is 13.6. The van der Waals surface area contributed by atoms with E-state index in [0.29, 0.717) is 30.6 Å². The van der Waals surface area contributed by atoms with Crippen molar-refractivity contribution in [3.63, 3.8) is 0 Å². The summed E-state index contributed by atoms with van der Waals surface area (Å²) >= 11 is 0. The molecule has 16 heavy (non-hydrogen) atoms. The minimum Gasteiger partial charge on any atom is -0.354 e. The van der Waals surface area contributed by atoms with E-state index in [4.69, 9.17) is 0 Å². The third kappa shape index (κ3) is 4.59. The molecule has 0 radical (unpaired) electrons. The van der Waals surface area contributed by atoms with Crippen molar-refractivity contribution in [2.45, 2.75) is 25.9 Å². The summed E-state index contributed by atoms with van der Waals surface area (Å²) < 4.78 is 11.1. The van der Waals surface area contributed by atoms with E-state index in [9.17, 15) is 9.00 Å². The van der Waals surface area contributed by atoms with E-state index in [2.05, 4.69) is 22.9 Å². The molecule has 1 heterocycles. The SMILES string of the molecule is CCS(=O)CCNC(=O)C1CNC(C)CN1. The summed E-state index contributed by atoms with van der Waals surface area (Å²) in [6, 6.07) is 0.253. The van der Waals surface area contributed by atoms with Gasteiger partial charge in [-0.1, -0.05) is 6.92 Å². The Kier molecular flexibility index (Phi) is 5.94. The van der Waals surface area contributed by atoms with Crippen LogP contribution >= 0.6 is 0 Å². The lowest BCUT2D eigenvalue weighted by Gasteiger charge is -2.28. The molecule has 0 saturated carbocycles. The second-order valence-electron chi connectivity index (χ2n) is 3.99. The number of hydrogen-bond donors (Lipinski definition) is 3. The molecule has 3 atom stereocenters. The van der Waals surface area contributed by atoms with Gasteiger partial charge in [0.1, 0.15) is 0 Å². The summed E-state index contributed by atoms with van der Waals surface area (Å²) in [5.74, 6) is 1.18. The van der Waals surface area contributed by atoms with Crippen molar-refractivity contribution in [1.82, 2.24) is 16.0 Å². The van der Waals surface area contributed by atoms with Crippen LogP contribution in [0.3, 0.4) is 0 Å². The van der Waals surface area contributed by atoms with Crippen molar-refractivity contribution in [3.8, 4) is 0 Å². The Morgan fingerprint density at radius 1 is 1.44 bits per heavy atom. The molecule has 94 valence electrons. The Balaban J connectivity index is 2.17. The smallest absolute Gasteiger partial charge is 0.238 e. The molecule has 1 aliphatic rings. The fourth-order valence-corrected chi connectivity index (χ4v) is 2.14. The second kappa shape index (κ2) is 6.98. The maximum atomic E-state index is 11.7. The van der Waals surface area contributed by atoms with Gasteiger partial charge in [-0.05, 0) is 6.92 Å². The summed E-state index contributed by atoms with van der Waals surface area (Å²) in [5.41, 5.74) is 0. The molecule has 3 N–H and O–H groups in total. The van der Waals surface area contributed by atoms with E-state index in [1.165, 1.54) is 0 Å². The Hall–Kier alpha value is -0.460. The fourth-order valence-electron chi connectivity index (χ4n) is 1.52. The van der Waals surface area contributed by atoms with E-state index >= 15 is 0 Å². The highest BCUT2D eigenvalue weighted by Crippen LogP contribution is 1.92. The molecular formula is C10H21N3O2S. The van der Waals surface area contributed by atoms with Gasteiger partial charge in [-0.3, -0.25) is 9.00 Å². The van der Waals surface area contributed by atoms with Gasteiger partial charge < -0.3 is 16.0 Å². The summed E-state index contributed by atoms with van der Waals surface area (Å²) in [7, 11) is -0.805. The number of carbonyl (C=O) groups is 1. The molecule has 1 rings (SSSR count). The van der Waals surface area contributed by atoms with Gasteiger partial charge in [0.25, 0.3) is 0 Å². The van der Waals surface area contributed by atoms with Crippen LogP contribution in [0.4, 0.5) is 0 Å². The number of piperazine rings is 1. The molecule has 0 aromatic rings. The van der Waals surface area contributed by atoms with Crippen LogP contribution in [0, 0.1) is 0 Å². The van der Waals surface area contributed by atoms with Crippen LogP contribution in [0.2, 0.25) is 0 Å². The van der Waals surface area contributed by atoms with Crippen LogP contribution in [0.15, 0.2) is 0 Å². The van der Waals surface area contributed by atoms with Crippen molar-refractivity contribution < 1.29 is 9.00 Å². The largest absolute Gasteiger partial charge is 0.354 e. The zero-order valence-corrected chi connectivity index (χ0v) is 10.7. The quantitative estimate of drug-likeness (QED) is 0.572. The fraction of sp³-hybridized carbons (Fsp3) is 0.900. The highest BCUT2D eigenvalue weighted by Gasteiger charge is 2.22. The Morgan fingerprint density at radius 3 is 2.75 bits per heavy atom. The van der Waals surface area contributed by atoms with E-state index in [1.807, 2.05) is 6.92 Å². The monoisotopic (exact) mass is 247 g/mol. The molecule has 1 amide bonds. The van der Waals surface area contributed by atoms with Crippen LogP contribution in [0.5, 0.6) is 0 Å². The van der Waals surface area contributed by atoms with Crippen LogP contribution in [0.25, 0.3) is 0 Å². The van der Waals surface area contributed by atoms with E-state index < -0.39 is 10.8 Å². The average molecular weight is 247 g/mol. The lowest BCUT2D eigenvalue weighted by Crippen LogP contribution is -2.59. The highest BCUT2D eigenvalue weighted by atomic mass is 32.2. The molecule has 0 aromatic carbocycles.